The molecule has 2 aromatic carbocycles. The maximum atomic E-state index is 14.4. The minimum Gasteiger partial charge on any atom is -0.390 e. The number of rotatable bonds is 2. The number of hydrazine groups is 1. The Balaban J connectivity index is 1.45. The monoisotopic (exact) mass is 394 g/mol. The number of hydrogen-bond donors (Lipinski definition) is 1. The van der Waals surface area contributed by atoms with Crippen molar-refractivity contribution in [1.29, 1.82) is 0 Å². The number of halogens is 1. The van der Waals surface area contributed by atoms with E-state index in [1.165, 1.54) is 6.07 Å². The maximum Gasteiger partial charge on any atom is 0.268 e. The number of carbonyl (C=O) groups is 1. The molecule has 0 radical (unpaired) electrons. The predicted molar refractivity (Wildman–Crippen MR) is 110 cm³/mol. The highest BCUT2D eigenvalue weighted by Crippen LogP contribution is 2.59. The lowest BCUT2D eigenvalue weighted by Gasteiger charge is -2.67. The SMILES string of the molecule is CC1(C)C(=O)N(C2[C@@H]3CC4C[C@H]2CC(O)(C4)C3)N1c1ccc(F)c2ccccc12. The smallest absolute Gasteiger partial charge is 0.268 e. The summed E-state index contributed by atoms with van der Waals surface area (Å²) < 4.78 is 14.4. The second-order valence-electron chi connectivity index (χ2n) is 10.3. The van der Waals surface area contributed by atoms with Crippen molar-refractivity contribution in [2.45, 2.75) is 63.1 Å². The predicted octanol–water partition coefficient (Wildman–Crippen LogP) is 4.26. The summed E-state index contributed by atoms with van der Waals surface area (Å²) in [6.45, 7) is 3.90. The van der Waals surface area contributed by atoms with Gasteiger partial charge in [0.15, 0.2) is 0 Å². The zero-order valence-corrected chi connectivity index (χ0v) is 16.9. The third kappa shape index (κ3) is 2.25. The van der Waals surface area contributed by atoms with Crippen LogP contribution in [0.15, 0.2) is 36.4 Å². The molecule has 5 aliphatic rings. The number of anilines is 1. The molecule has 0 aromatic heterocycles. The van der Waals surface area contributed by atoms with E-state index >= 15 is 0 Å². The quantitative estimate of drug-likeness (QED) is 0.828. The van der Waals surface area contributed by atoms with E-state index in [4.69, 9.17) is 0 Å². The van der Waals surface area contributed by atoms with Crippen LogP contribution in [0.25, 0.3) is 10.8 Å². The highest BCUT2D eigenvalue weighted by atomic mass is 19.1. The van der Waals surface area contributed by atoms with E-state index in [9.17, 15) is 14.3 Å². The van der Waals surface area contributed by atoms with Gasteiger partial charge in [0.1, 0.15) is 11.4 Å². The topological polar surface area (TPSA) is 43.8 Å². The Labute approximate surface area is 170 Å². The number of hydrogen-bond acceptors (Lipinski definition) is 3. The fraction of sp³-hybridized carbons (Fsp3) is 0.542. The standard InChI is InChI=1S/C24H27FN2O2/c1-23(2)22(28)26(21-15-9-14-10-16(21)13-24(29,11-14)12-15)27(23)20-8-7-19(25)17-5-3-4-6-18(17)20/h3-8,14-16,21,29H,9-13H2,1-2H3/t14?,15-,16+,21?,24?. The van der Waals surface area contributed by atoms with Gasteiger partial charge in [0.05, 0.1) is 17.3 Å². The van der Waals surface area contributed by atoms with E-state index in [0.717, 1.165) is 43.2 Å². The summed E-state index contributed by atoms with van der Waals surface area (Å²) in [6, 6.07) is 10.9. The second-order valence-corrected chi connectivity index (χ2v) is 10.3. The normalized spacial score (nSPS) is 37.3. The number of nitrogens with zero attached hydrogens (tertiary/aromatic N) is 2. The van der Waals surface area contributed by atoms with Crippen LogP contribution in [0.5, 0.6) is 0 Å². The number of carbonyl (C=O) groups excluding carboxylic acids is 1. The summed E-state index contributed by atoms with van der Waals surface area (Å²) in [5, 5.41) is 16.4. The summed E-state index contributed by atoms with van der Waals surface area (Å²) in [5.41, 5.74) is -0.296. The molecule has 0 spiro atoms. The van der Waals surface area contributed by atoms with Crippen molar-refractivity contribution >= 4 is 22.4 Å². The van der Waals surface area contributed by atoms with Gasteiger partial charge in [-0.1, -0.05) is 24.3 Å². The largest absolute Gasteiger partial charge is 0.390 e. The van der Waals surface area contributed by atoms with Crippen molar-refractivity contribution in [3.05, 3.63) is 42.2 Å². The second kappa shape index (κ2) is 5.51. The Hall–Kier alpha value is -2.14. The summed E-state index contributed by atoms with van der Waals surface area (Å²) >= 11 is 0. The third-order valence-corrected chi connectivity index (χ3v) is 8.03. The van der Waals surface area contributed by atoms with Crippen LogP contribution in [0.2, 0.25) is 0 Å². The van der Waals surface area contributed by atoms with E-state index in [1.54, 1.807) is 6.07 Å². The van der Waals surface area contributed by atoms with Crippen LogP contribution in [-0.2, 0) is 4.79 Å². The lowest BCUT2D eigenvalue weighted by Crippen LogP contribution is -2.81. The lowest BCUT2D eigenvalue weighted by atomic mass is 9.52. The van der Waals surface area contributed by atoms with Gasteiger partial charge in [-0.2, -0.15) is 0 Å². The number of benzene rings is 2. The minimum absolute atomic E-state index is 0.135. The van der Waals surface area contributed by atoms with Crippen molar-refractivity contribution in [2.75, 3.05) is 5.01 Å². The molecule has 4 saturated carbocycles. The molecule has 4 aliphatic carbocycles. The third-order valence-electron chi connectivity index (χ3n) is 8.03. The average Bonchev–Trinajstić information content (AvgIpc) is 2.67. The summed E-state index contributed by atoms with van der Waals surface area (Å²) in [6.07, 6.45) is 4.73. The van der Waals surface area contributed by atoms with Crippen molar-refractivity contribution in [1.82, 2.24) is 5.01 Å². The zero-order valence-electron chi connectivity index (χ0n) is 16.9. The Bertz CT molecular complexity index is 1020. The summed E-state index contributed by atoms with van der Waals surface area (Å²) in [5.74, 6) is 1.19. The van der Waals surface area contributed by atoms with Gasteiger partial charge in [0.2, 0.25) is 0 Å². The van der Waals surface area contributed by atoms with Gasteiger partial charge in [-0.25, -0.2) is 9.40 Å². The van der Waals surface area contributed by atoms with Crippen LogP contribution >= 0.6 is 0 Å². The first kappa shape index (κ1) is 17.7. The molecule has 7 rings (SSSR count). The van der Waals surface area contributed by atoms with Gasteiger partial charge in [0.25, 0.3) is 5.91 Å². The summed E-state index contributed by atoms with van der Waals surface area (Å²) in [7, 11) is 0. The van der Waals surface area contributed by atoms with Gasteiger partial charge >= 0.3 is 0 Å². The molecular weight excluding hydrogens is 367 g/mol. The van der Waals surface area contributed by atoms with Crippen molar-refractivity contribution < 1.29 is 14.3 Å². The fourth-order valence-electron chi connectivity index (χ4n) is 7.16. The number of fused-ring (bicyclic) bond motifs is 1. The van der Waals surface area contributed by atoms with Crippen molar-refractivity contribution in [3.8, 4) is 0 Å². The van der Waals surface area contributed by atoms with Gasteiger partial charge in [-0.05, 0) is 75.8 Å². The molecule has 1 N–H and O–H groups in total. The molecule has 5 fully saturated rings. The molecule has 1 aliphatic heterocycles. The van der Waals surface area contributed by atoms with Crippen LogP contribution < -0.4 is 5.01 Å². The van der Waals surface area contributed by atoms with Gasteiger partial charge in [-0.15, -0.1) is 0 Å². The molecule has 4 bridgehead atoms. The molecule has 29 heavy (non-hydrogen) atoms. The first-order valence-corrected chi connectivity index (χ1v) is 10.8. The number of amides is 1. The molecular formula is C24H27FN2O2. The van der Waals surface area contributed by atoms with E-state index in [0.29, 0.717) is 23.1 Å². The van der Waals surface area contributed by atoms with E-state index < -0.39 is 11.1 Å². The molecule has 1 saturated heterocycles. The fourth-order valence-corrected chi connectivity index (χ4v) is 7.16. The Morgan fingerprint density at radius 2 is 1.66 bits per heavy atom. The molecule has 5 heteroatoms. The molecule has 4 nitrogen and oxygen atoms in total. The van der Waals surface area contributed by atoms with Gasteiger partial charge in [0, 0.05) is 10.8 Å². The Morgan fingerprint density at radius 3 is 2.31 bits per heavy atom. The van der Waals surface area contributed by atoms with Crippen LogP contribution in [0, 0.1) is 23.6 Å². The minimum atomic E-state index is -0.661. The van der Waals surface area contributed by atoms with E-state index in [-0.39, 0.29) is 17.8 Å². The van der Waals surface area contributed by atoms with Gasteiger partial charge < -0.3 is 5.11 Å². The van der Waals surface area contributed by atoms with Crippen LogP contribution in [-0.4, -0.2) is 33.2 Å². The highest BCUT2D eigenvalue weighted by molar-refractivity contribution is 6.03. The number of aliphatic hydroxyl groups is 1. The van der Waals surface area contributed by atoms with Crippen LogP contribution in [0.4, 0.5) is 10.1 Å². The first-order valence-electron chi connectivity index (χ1n) is 10.8. The maximum absolute atomic E-state index is 14.4. The molecule has 3 unspecified atom stereocenters. The molecule has 2 aromatic rings. The Kier molecular flexibility index (Phi) is 3.36. The first-order chi connectivity index (χ1) is 13.8. The molecule has 1 amide bonds. The summed E-state index contributed by atoms with van der Waals surface area (Å²) in [4.78, 5) is 13.3. The van der Waals surface area contributed by atoms with Gasteiger partial charge in [-0.3, -0.25) is 9.80 Å². The zero-order chi connectivity index (χ0) is 20.1. The highest BCUT2D eigenvalue weighted by Gasteiger charge is 2.63. The van der Waals surface area contributed by atoms with Crippen LogP contribution in [0.1, 0.15) is 46.0 Å². The molecule has 1 heterocycles. The Morgan fingerprint density at radius 1 is 1.00 bits per heavy atom. The van der Waals surface area contributed by atoms with Crippen LogP contribution in [0.3, 0.4) is 0 Å². The van der Waals surface area contributed by atoms with E-state index in [1.807, 2.05) is 43.1 Å². The van der Waals surface area contributed by atoms with E-state index in [2.05, 4.69) is 5.01 Å². The molecule has 152 valence electrons. The average molecular weight is 394 g/mol. The lowest BCUT2D eigenvalue weighted by molar-refractivity contribution is -0.190. The van der Waals surface area contributed by atoms with Crippen molar-refractivity contribution in [3.63, 3.8) is 0 Å². The van der Waals surface area contributed by atoms with Crippen molar-refractivity contribution in [2.24, 2.45) is 17.8 Å². The molecule has 5 atom stereocenters.